The largest absolute Gasteiger partial charge is 0.352 e. The Hall–Kier alpha value is -4.50. The van der Waals surface area contributed by atoms with Gasteiger partial charge in [-0.25, -0.2) is 12.8 Å². The van der Waals surface area contributed by atoms with Crippen molar-refractivity contribution in [3.05, 3.63) is 131 Å². The van der Waals surface area contributed by atoms with Gasteiger partial charge in [0.2, 0.25) is 11.8 Å². The maximum atomic E-state index is 14.5. The lowest BCUT2D eigenvalue weighted by molar-refractivity contribution is -0.140. The second-order valence-corrected chi connectivity index (χ2v) is 13.1. The van der Waals surface area contributed by atoms with Gasteiger partial charge in [0.15, 0.2) is 0 Å². The van der Waals surface area contributed by atoms with E-state index in [0.717, 1.165) is 15.4 Å². The van der Waals surface area contributed by atoms with Gasteiger partial charge < -0.3 is 10.2 Å². The third kappa shape index (κ3) is 8.57. The average molecular weight is 630 g/mol. The van der Waals surface area contributed by atoms with Crippen LogP contribution in [0.4, 0.5) is 10.1 Å². The van der Waals surface area contributed by atoms with E-state index >= 15 is 0 Å². The number of aryl methyl sites for hydroxylation is 2. The summed E-state index contributed by atoms with van der Waals surface area (Å²) in [6.07, 6.45) is 0.885. The molecule has 0 aliphatic carbocycles. The minimum atomic E-state index is -4.19. The second-order valence-electron chi connectivity index (χ2n) is 11.3. The molecule has 0 bridgehead atoms. The number of carbonyl (C=O) groups is 2. The highest BCUT2D eigenvalue weighted by atomic mass is 32.2. The molecule has 0 aliphatic heterocycles. The Labute approximate surface area is 265 Å². The lowest BCUT2D eigenvalue weighted by Crippen LogP contribution is -2.54. The van der Waals surface area contributed by atoms with Crippen LogP contribution in [0.1, 0.15) is 42.5 Å². The van der Waals surface area contributed by atoms with Gasteiger partial charge in [-0.1, -0.05) is 85.3 Å². The fourth-order valence-corrected chi connectivity index (χ4v) is 6.60. The number of nitrogens with one attached hydrogen (secondary N) is 1. The highest BCUT2D eigenvalue weighted by Crippen LogP contribution is 2.28. The number of hydrogen-bond acceptors (Lipinski definition) is 4. The lowest BCUT2D eigenvalue weighted by atomic mass is 10.0. The van der Waals surface area contributed by atoms with Crippen molar-refractivity contribution < 1.29 is 22.4 Å². The first-order chi connectivity index (χ1) is 21.5. The van der Waals surface area contributed by atoms with Crippen molar-refractivity contribution in [1.29, 1.82) is 0 Å². The molecule has 236 valence electrons. The summed E-state index contributed by atoms with van der Waals surface area (Å²) < 4.78 is 43.2. The van der Waals surface area contributed by atoms with E-state index in [9.17, 15) is 22.4 Å². The van der Waals surface area contributed by atoms with Crippen LogP contribution in [0.15, 0.2) is 108 Å². The summed E-state index contributed by atoms with van der Waals surface area (Å²) in [5.41, 5.74) is 3.43. The van der Waals surface area contributed by atoms with Gasteiger partial charge in [0.1, 0.15) is 18.4 Å². The molecular weight excluding hydrogens is 589 g/mol. The molecule has 0 unspecified atom stereocenters. The normalized spacial score (nSPS) is 12.6. The summed E-state index contributed by atoms with van der Waals surface area (Å²) in [4.78, 5) is 29.8. The van der Waals surface area contributed by atoms with E-state index < -0.39 is 34.3 Å². The third-order valence-corrected chi connectivity index (χ3v) is 9.54. The van der Waals surface area contributed by atoms with Crippen LogP contribution in [0.5, 0.6) is 0 Å². The van der Waals surface area contributed by atoms with Crippen LogP contribution in [-0.2, 0) is 32.6 Å². The summed E-state index contributed by atoms with van der Waals surface area (Å²) >= 11 is 0. The van der Waals surface area contributed by atoms with Crippen LogP contribution in [0.2, 0.25) is 0 Å². The molecule has 2 atom stereocenters. The zero-order valence-electron chi connectivity index (χ0n) is 26.1. The number of amides is 2. The minimum Gasteiger partial charge on any atom is -0.352 e. The van der Waals surface area contributed by atoms with Gasteiger partial charge in [-0.15, -0.1) is 0 Å². The molecule has 0 fully saturated rings. The van der Waals surface area contributed by atoms with Crippen LogP contribution in [0, 0.1) is 19.7 Å². The Morgan fingerprint density at radius 3 is 2.07 bits per heavy atom. The molecule has 4 rings (SSSR count). The van der Waals surface area contributed by atoms with E-state index in [1.54, 1.807) is 49.4 Å². The molecule has 0 radical (unpaired) electrons. The van der Waals surface area contributed by atoms with Crippen molar-refractivity contribution >= 4 is 27.5 Å². The maximum absolute atomic E-state index is 14.5. The lowest BCUT2D eigenvalue weighted by Gasteiger charge is -2.34. The fraction of sp³-hybridized carbons (Fsp3) is 0.278. The smallest absolute Gasteiger partial charge is 0.264 e. The second kappa shape index (κ2) is 15.0. The number of carbonyl (C=O) groups excluding carboxylic acids is 2. The highest BCUT2D eigenvalue weighted by molar-refractivity contribution is 7.92. The molecule has 45 heavy (non-hydrogen) atoms. The maximum Gasteiger partial charge on any atom is 0.264 e. The van der Waals surface area contributed by atoms with Crippen LogP contribution >= 0.6 is 0 Å². The zero-order chi connectivity index (χ0) is 32.6. The Balaban J connectivity index is 1.82. The average Bonchev–Trinajstić information content (AvgIpc) is 3.03. The highest BCUT2D eigenvalue weighted by Gasteiger charge is 2.35. The van der Waals surface area contributed by atoms with Crippen molar-refractivity contribution in [3.8, 4) is 0 Å². The SMILES string of the molecule is CC[C@@H](C)NC(=O)[C@H](Cc1ccccc1)N(Cc1ccc(F)cc1)C(=O)CN(c1ccc(C)cc1C)S(=O)(=O)c1ccccc1. The first-order valence-corrected chi connectivity index (χ1v) is 16.5. The first-order valence-electron chi connectivity index (χ1n) is 15.0. The van der Waals surface area contributed by atoms with Crippen LogP contribution in [-0.4, -0.2) is 43.8 Å². The van der Waals surface area contributed by atoms with Gasteiger partial charge in [0, 0.05) is 19.0 Å². The number of hydrogen-bond donors (Lipinski definition) is 1. The Morgan fingerprint density at radius 2 is 1.47 bits per heavy atom. The summed E-state index contributed by atoms with van der Waals surface area (Å²) in [5.74, 6) is -1.35. The summed E-state index contributed by atoms with van der Waals surface area (Å²) in [7, 11) is -4.19. The van der Waals surface area contributed by atoms with E-state index in [0.29, 0.717) is 23.2 Å². The number of anilines is 1. The predicted molar refractivity (Wildman–Crippen MR) is 176 cm³/mol. The number of halogens is 1. The number of nitrogens with zero attached hydrogens (tertiary/aromatic N) is 2. The minimum absolute atomic E-state index is 0.0311. The van der Waals surface area contributed by atoms with E-state index in [1.165, 1.54) is 29.2 Å². The van der Waals surface area contributed by atoms with E-state index in [4.69, 9.17) is 0 Å². The molecule has 0 heterocycles. The first kappa shape index (κ1) is 33.4. The predicted octanol–water partition coefficient (Wildman–Crippen LogP) is 6.19. The topological polar surface area (TPSA) is 86.8 Å². The molecule has 1 N–H and O–H groups in total. The van der Waals surface area contributed by atoms with Crippen molar-refractivity contribution in [3.63, 3.8) is 0 Å². The molecule has 2 amide bonds. The van der Waals surface area contributed by atoms with Crippen LogP contribution in [0.3, 0.4) is 0 Å². The van der Waals surface area contributed by atoms with Gasteiger partial charge in [0.25, 0.3) is 10.0 Å². The molecule has 7 nitrogen and oxygen atoms in total. The van der Waals surface area contributed by atoms with Crippen molar-refractivity contribution in [2.75, 3.05) is 10.8 Å². The summed E-state index contributed by atoms with van der Waals surface area (Å²) in [6.45, 7) is 6.97. The molecule has 0 saturated carbocycles. The van der Waals surface area contributed by atoms with Gasteiger partial charge in [-0.3, -0.25) is 13.9 Å². The van der Waals surface area contributed by atoms with Crippen LogP contribution in [0.25, 0.3) is 0 Å². The van der Waals surface area contributed by atoms with Crippen molar-refractivity contribution in [1.82, 2.24) is 10.2 Å². The summed E-state index contributed by atoms with van der Waals surface area (Å²) in [5, 5.41) is 3.01. The number of benzene rings is 4. The molecule has 9 heteroatoms. The molecule has 4 aromatic rings. The molecule has 0 spiro atoms. The van der Waals surface area contributed by atoms with Crippen molar-refractivity contribution in [2.45, 2.75) is 64.1 Å². The van der Waals surface area contributed by atoms with Crippen molar-refractivity contribution in [2.24, 2.45) is 0 Å². The van der Waals surface area contributed by atoms with Gasteiger partial charge in [-0.05, 0) is 74.2 Å². The molecule has 4 aromatic carbocycles. The van der Waals surface area contributed by atoms with Gasteiger partial charge >= 0.3 is 0 Å². The Bertz CT molecular complexity index is 1700. The van der Waals surface area contributed by atoms with Gasteiger partial charge in [-0.2, -0.15) is 0 Å². The van der Waals surface area contributed by atoms with E-state index in [2.05, 4.69) is 5.32 Å². The molecule has 0 aromatic heterocycles. The number of sulfonamides is 1. The van der Waals surface area contributed by atoms with E-state index in [1.807, 2.05) is 57.2 Å². The van der Waals surface area contributed by atoms with E-state index in [-0.39, 0.29) is 29.8 Å². The Kier molecular flexibility index (Phi) is 11.1. The quantitative estimate of drug-likeness (QED) is 0.191. The molecule has 0 aliphatic rings. The Morgan fingerprint density at radius 1 is 0.844 bits per heavy atom. The molecule has 0 saturated heterocycles. The monoisotopic (exact) mass is 629 g/mol. The summed E-state index contributed by atoms with van der Waals surface area (Å²) in [6, 6.07) is 27.3. The zero-order valence-corrected chi connectivity index (χ0v) is 26.9. The third-order valence-electron chi connectivity index (χ3n) is 7.77. The molecular formula is C36H40FN3O4S. The standard InChI is InChI=1S/C36H40FN3O4S/c1-5-28(4)38-36(42)34(23-29-12-8-6-9-13-29)39(24-30-17-19-31(37)20-18-30)35(41)25-40(33-21-16-26(2)22-27(33)3)45(43,44)32-14-10-7-11-15-32/h6-22,28,34H,5,23-25H2,1-4H3,(H,38,42)/t28-,34+/m1/s1. The van der Waals surface area contributed by atoms with Gasteiger partial charge in [0.05, 0.1) is 10.6 Å². The fourth-order valence-electron chi connectivity index (χ4n) is 5.10. The van der Waals surface area contributed by atoms with Crippen LogP contribution < -0.4 is 9.62 Å². The number of rotatable bonds is 13.